The van der Waals surface area contributed by atoms with Crippen LogP contribution >= 0.6 is 0 Å². The first-order valence-electron chi connectivity index (χ1n) is 6.64. The predicted octanol–water partition coefficient (Wildman–Crippen LogP) is 2.80. The van der Waals surface area contributed by atoms with Crippen LogP contribution in [0.3, 0.4) is 0 Å². The van der Waals surface area contributed by atoms with E-state index in [1.165, 1.54) is 5.56 Å². The minimum absolute atomic E-state index is 0.444. The zero-order chi connectivity index (χ0) is 15.0. The summed E-state index contributed by atoms with van der Waals surface area (Å²) in [5.74, 6) is 2.53. The minimum Gasteiger partial charge on any atom is -0.444 e. The molecule has 4 nitrogen and oxygen atoms in total. The Hall–Kier alpha value is -1.99. The van der Waals surface area contributed by atoms with E-state index in [-0.39, 0.29) is 0 Å². The summed E-state index contributed by atoms with van der Waals surface area (Å²) in [5, 5.41) is 5.83. The van der Waals surface area contributed by atoms with Gasteiger partial charge in [0.1, 0.15) is 5.60 Å². The molecule has 1 rings (SSSR count). The molecule has 0 saturated carbocycles. The Balaban J connectivity index is 2.42. The molecule has 0 aliphatic heterocycles. The molecule has 0 atom stereocenters. The maximum Gasteiger partial charge on any atom is 0.412 e. The molecule has 0 spiro atoms. The lowest BCUT2D eigenvalue weighted by Gasteiger charge is -2.19. The Morgan fingerprint density at radius 2 is 1.95 bits per heavy atom. The van der Waals surface area contributed by atoms with Crippen molar-refractivity contribution in [2.75, 3.05) is 18.4 Å². The number of rotatable bonds is 5. The first-order valence-corrected chi connectivity index (χ1v) is 6.64. The van der Waals surface area contributed by atoms with Crippen LogP contribution in [-0.4, -0.2) is 24.8 Å². The lowest BCUT2D eigenvalue weighted by atomic mass is 10.1. The van der Waals surface area contributed by atoms with E-state index in [0.717, 1.165) is 18.7 Å². The summed E-state index contributed by atoms with van der Waals surface area (Å²) in [4.78, 5) is 11.6. The molecule has 0 heterocycles. The molecule has 4 heteroatoms. The van der Waals surface area contributed by atoms with Crippen LogP contribution < -0.4 is 10.6 Å². The fourth-order valence-electron chi connectivity index (χ4n) is 1.57. The van der Waals surface area contributed by atoms with Gasteiger partial charge in [0, 0.05) is 12.2 Å². The van der Waals surface area contributed by atoms with Crippen LogP contribution in [0.25, 0.3) is 0 Å². The predicted molar refractivity (Wildman–Crippen MR) is 81.7 cm³/mol. The number of benzene rings is 1. The van der Waals surface area contributed by atoms with E-state index in [1.807, 2.05) is 45.0 Å². The first kappa shape index (κ1) is 16.1. The SMILES string of the molecule is C#CCNCCc1ccc(NC(=O)OC(C)(C)C)cc1. The van der Waals surface area contributed by atoms with Gasteiger partial charge < -0.3 is 10.1 Å². The maximum absolute atomic E-state index is 11.6. The lowest BCUT2D eigenvalue weighted by molar-refractivity contribution is 0.0636. The quantitative estimate of drug-likeness (QED) is 0.641. The van der Waals surface area contributed by atoms with Crippen LogP contribution in [0.5, 0.6) is 0 Å². The summed E-state index contributed by atoms with van der Waals surface area (Å²) in [7, 11) is 0. The third-order valence-electron chi connectivity index (χ3n) is 2.42. The maximum atomic E-state index is 11.6. The van der Waals surface area contributed by atoms with Crippen molar-refractivity contribution in [2.24, 2.45) is 0 Å². The summed E-state index contributed by atoms with van der Waals surface area (Å²) in [6, 6.07) is 7.68. The van der Waals surface area contributed by atoms with Gasteiger partial charge in [-0.15, -0.1) is 6.42 Å². The number of carbonyl (C=O) groups excluding carboxylic acids is 1. The number of nitrogens with one attached hydrogen (secondary N) is 2. The van der Waals surface area contributed by atoms with Crippen molar-refractivity contribution in [1.82, 2.24) is 5.32 Å². The van der Waals surface area contributed by atoms with E-state index >= 15 is 0 Å². The monoisotopic (exact) mass is 274 g/mol. The van der Waals surface area contributed by atoms with Crippen LogP contribution in [0.15, 0.2) is 24.3 Å². The van der Waals surface area contributed by atoms with E-state index in [2.05, 4.69) is 16.6 Å². The van der Waals surface area contributed by atoms with Crippen LogP contribution in [-0.2, 0) is 11.2 Å². The summed E-state index contributed by atoms with van der Waals surface area (Å²) >= 11 is 0. The van der Waals surface area contributed by atoms with E-state index in [4.69, 9.17) is 11.2 Å². The fraction of sp³-hybridized carbons (Fsp3) is 0.438. The average Bonchev–Trinajstić information content (AvgIpc) is 2.34. The molecular formula is C16H22N2O2. The number of hydrogen-bond donors (Lipinski definition) is 2. The van der Waals surface area contributed by atoms with Gasteiger partial charge in [0.05, 0.1) is 6.54 Å². The summed E-state index contributed by atoms with van der Waals surface area (Å²) < 4.78 is 5.18. The highest BCUT2D eigenvalue weighted by molar-refractivity contribution is 5.84. The van der Waals surface area contributed by atoms with Gasteiger partial charge in [-0.25, -0.2) is 4.79 Å². The Labute approximate surface area is 120 Å². The molecule has 20 heavy (non-hydrogen) atoms. The van der Waals surface area contributed by atoms with E-state index in [1.54, 1.807) is 0 Å². The second-order valence-corrected chi connectivity index (χ2v) is 5.45. The van der Waals surface area contributed by atoms with Gasteiger partial charge in [-0.05, 0) is 44.9 Å². The molecule has 1 aromatic carbocycles. The smallest absolute Gasteiger partial charge is 0.412 e. The third kappa shape index (κ3) is 6.81. The second-order valence-electron chi connectivity index (χ2n) is 5.45. The van der Waals surface area contributed by atoms with E-state index in [9.17, 15) is 4.79 Å². The lowest BCUT2D eigenvalue weighted by Crippen LogP contribution is -2.27. The summed E-state index contributed by atoms with van der Waals surface area (Å²) in [6.45, 7) is 6.91. The number of carbonyl (C=O) groups is 1. The third-order valence-corrected chi connectivity index (χ3v) is 2.42. The minimum atomic E-state index is -0.493. The van der Waals surface area contributed by atoms with Crippen molar-refractivity contribution in [2.45, 2.75) is 32.8 Å². The first-order chi connectivity index (χ1) is 9.40. The zero-order valence-electron chi connectivity index (χ0n) is 12.3. The van der Waals surface area contributed by atoms with Crippen LogP contribution in [0.2, 0.25) is 0 Å². The molecule has 0 fully saturated rings. The number of hydrogen-bond acceptors (Lipinski definition) is 3. The molecule has 0 aromatic heterocycles. The van der Waals surface area contributed by atoms with Crippen LogP contribution in [0, 0.1) is 12.3 Å². The second kappa shape index (κ2) is 7.56. The normalized spacial score (nSPS) is 10.7. The molecule has 0 unspecified atom stereocenters. The molecule has 1 aromatic rings. The molecule has 2 N–H and O–H groups in total. The van der Waals surface area contributed by atoms with Crippen molar-refractivity contribution in [3.05, 3.63) is 29.8 Å². The summed E-state index contributed by atoms with van der Waals surface area (Å²) in [6.07, 6.45) is 5.61. The van der Waals surface area contributed by atoms with Gasteiger partial charge in [-0.2, -0.15) is 0 Å². The summed E-state index contributed by atoms with van der Waals surface area (Å²) in [5.41, 5.74) is 1.41. The molecule has 0 radical (unpaired) electrons. The van der Waals surface area contributed by atoms with Gasteiger partial charge in [-0.3, -0.25) is 5.32 Å². The topological polar surface area (TPSA) is 50.4 Å². The molecule has 0 aliphatic carbocycles. The van der Waals surface area contributed by atoms with Crippen LogP contribution in [0.4, 0.5) is 10.5 Å². The van der Waals surface area contributed by atoms with Crippen molar-refractivity contribution < 1.29 is 9.53 Å². The zero-order valence-corrected chi connectivity index (χ0v) is 12.3. The average molecular weight is 274 g/mol. The van der Waals surface area contributed by atoms with Crippen molar-refractivity contribution >= 4 is 11.8 Å². The standard InChI is InChI=1S/C16H22N2O2/c1-5-11-17-12-10-13-6-8-14(9-7-13)18-15(19)20-16(2,3)4/h1,6-9,17H,10-12H2,2-4H3,(H,18,19). The Kier molecular flexibility index (Phi) is 6.08. The van der Waals surface area contributed by atoms with Crippen LogP contribution in [0.1, 0.15) is 26.3 Å². The van der Waals surface area contributed by atoms with Gasteiger partial charge in [0.2, 0.25) is 0 Å². The molecule has 0 bridgehead atoms. The van der Waals surface area contributed by atoms with Crippen molar-refractivity contribution in [1.29, 1.82) is 0 Å². The highest BCUT2D eigenvalue weighted by atomic mass is 16.6. The highest BCUT2D eigenvalue weighted by Gasteiger charge is 2.15. The van der Waals surface area contributed by atoms with Crippen molar-refractivity contribution in [3.63, 3.8) is 0 Å². The highest BCUT2D eigenvalue weighted by Crippen LogP contribution is 2.13. The number of terminal acetylenes is 1. The number of ether oxygens (including phenoxy) is 1. The van der Waals surface area contributed by atoms with Gasteiger partial charge >= 0.3 is 6.09 Å². The molecule has 108 valence electrons. The Morgan fingerprint density at radius 3 is 2.50 bits per heavy atom. The Bertz CT molecular complexity index is 467. The van der Waals surface area contributed by atoms with Gasteiger partial charge in [0.15, 0.2) is 0 Å². The van der Waals surface area contributed by atoms with E-state index < -0.39 is 11.7 Å². The van der Waals surface area contributed by atoms with Crippen molar-refractivity contribution in [3.8, 4) is 12.3 Å². The molecule has 1 amide bonds. The number of anilines is 1. The number of amides is 1. The molecule has 0 saturated heterocycles. The van der Waals surface area contributed by atoms with Gasteiger partial charge in [0.25, 0.3) is 0 Å². The van der Waals surface area contributed by atoms with E-state index in [0.29, 0.717) is 6.54 Å². The largest absolute Gasteiger partial charge is 0.444 e. The Morgan fingerprint density at radius 1 is 1.30 bits per heavy atom. The molecular weight excluding hydrogens is 252 g/mol. The molecule has 0 aliphatic rings. The van der Waals surface area contributed by atoms with Gasteiger partial charge in [-0.1, -0.05) is 18.1 Å². The fourth-order valence-corrected chi connectivity index (χ4v) is 1.57.